The summed E-state index contributed by atoms with van der Waals surface area (Å²) in [6, 6.07) is 14.0. The van der Waals surface area contributed by atoms with Crippen LogP contribution >= 0.6 is 0 Å². The lowest BCUT2D eigenvalue weighted by atomic mass is 10.2. The Balaban J connectivity index is 1.69. The lowest BCUT2D eigenvalue weighted by molar-refractivity contribution is 0.312. The number of aryl methyl sites for hydroxylation is 1. The Morgan fingerprint density at radius 3 is 2.54 bits per heavy atom. The topological polar surface area (TPSA) is 65.7 Å². The summed E-state index contributed by atoms with van der Waals surface area (Å²) < 4.78 is 40.3. The van der Waals surface area contributed by atoms with Crippen LogP contribution in [0.5, 0.6) is 5.75 Å². The molecule has 0 aliphatic carbocycles. The van der Waals surface area contributed by atoms with Crippen LogP contribution in [0.4, 0.5) is 0 Å². The Bertz CT molecular complexity index is 939. The molecule has 0 amide bonds. The van der Waals surface area contributed by atoms with E-state index in [-0.39, 0.29) is 11.5 Å². The molecule has 0 aliphatic heterocycles. The van der Waals surface area contributed by atoms with Crippen molar-refractivity contribution in [3.63, 3.8) is 0 Å². The number of methoxy groups -OCH3 is 1. The molecule has 6 heteroatoms. The van der Waals surface area contributed by atoms with Gasteiger partial charge in [-0.25, -0.2) is 0 Å². The average Bonchev–Trinajstić information content (AvgIpc) is 2.97. The second kappa shape index (κ2) is 6.67. The van der Waals surface area contributed by atoms with Crippen LogP contribution in [0.3, 0.4) is 0 Å². The maximum Gasteiger partial charge on any atom is 0.296 e. The van der Waals surface area contributed by atoms with Crippen LogP contribution in [0, 0.1) is 6.92 Å². The van der Waals surface area contributed by atoms with Gasteiger partial charge in [-0.3, -0.25) is 4.18 Å². The van der Waals surface area contributed by atoms with Crippen LogP contribution in [-0.4, -0.2) is 22.1 Å². The third-order valence-corrected chi connectivity index (χ3v) is 5.00. The van der Waals surface area contributed by atoms with E-state index in [1.54, 1.807) is 19.2 Å². The quantitative estimate of drug-likeness (QED) is 0.637. The molecule has 0 fully saturated rings. The Labute approximate surface area is 140 Å². The smallest absolute Gasteiger partial charge is 0.296 e. The minimum absolute atomic E-state index is 0.0122. The van der Waals surface area contributed by atoms with Gasteiger partial charge in [0.05, 0.1) is 18.6 Å². The van der Waals surface area contributed by atoms with Gasteiger partial charge in [0.2, 0.25) is 0 Å². The van der Waals surface area contributed by atoms with Gasteiger partial charge in [-0.15, -0.1) is 0 Å². The molecule has 3 aromatic rings. The summed E-state index contributed by atoms with van der Waals surface area (Å²) in [4.78, 5) is 0.152. The molecule has 1 aromatic heterocycles. The van der Waals surface area contributed by atoms with Crippen molar-refractivity contribution in [1.29, 1.82) is 0 Å². The van der Waals surface area contributed by atoms with Gasteiger partial charge in [-0.05, 0) is 31.2 Å². The summed E-state index contributed by atoms with van der Waals surface area (Å²) in [5, 5.41) is 0.908. The van der Waals surface area contributed by atoms with Gasteiger partial charge >= 0.3 is 0 Å². The zero-order chi connectivity index (χ0) is 17.2. The van der Waals surface area contributed by atoms with Crippen molar-refractivity contribution in [2.45, 2.75) is 18.2 Å². The number of furan rings is 1. The number of ether oxygens (including phenoxy) is 1. The third kappa shape index (κ3) is 3.44. The second-order valence-electron chi connectivity index (χ2n) is 5.43. The summed E-state index contributed by atoms with van der Waals surface area (Å²) in [5.41, 5.74) is 1.64. The van der Waals surface area contributed by atoms with E-state index in [1.165, 1.54) is 12.1 Å². The molecule has 0 atom stereocenters. The third-order valence-electron chi connectivity index (χ3n) is 3.68. The Morgan fingerprint density at radius 1 is 1.08 bits per heavy atom. The predicted molar refractivity (Wildman–Crippen MR) is 90.8 cm³/mol. The zero-order valence-corrected chi connectivity index (χ0v) is 14.3. The van der Waals surface area contributed by atoms with Crippen LogP contribution in [0.15, 0.2) is 57.8 Å². The number of hydrogen-bond donors (Lipinski definition) is 0. The number of hydrogen-bond acceptors (Lipinski definition) is 5. The van der Waals surface area contributed by atoms with E-state index >= 15 is 0 Å². The highest BCUT2D eigenvalue weighted by Gasteiger charge is 2.15. The van der Waals surface area contributed by atoms with E-state index in [0.29, 0.717) is 23.5 Å². The molecule has 0 N–H and O–H groups in total. The van der Waals surface area contributed by atoms with Crippen molar-refractivity contribution in [3.05, 3.63) is 59.9 Å². The van der Waals surface area contributed by atoms with E-state index in [0.717, 1.165) is 10.9 Å². The van der Waals surface area contributed by atoms with Gasteiger partial charge in [-0.2, -0.15) is 8.42 Å². The normalized spacial score (nSPS) is 11.8. The first-order valence-electron chi connectivity index (χ1n) is 7.51. The molecule has 2 aromatic carbocycles. The van der Waals surface area contributed by atoms with E-state index < -0.39 is 10.1 Å². The molecule has 3 rings (SSSR count). The van der Waals surface area contributed by atoms with Crippen LogP contribution in [0.1, 0.15) is 11.3 Å². The summed E-state index contributed by atoms with van der Waals surface area (Å²) in [7, 11) is -2.18. The van der Waals surface area contributed by atoms with Gasteiger partial charge in [0, 0.05) is 11.8 Å². The molecule has 0 aliphatic rings. The van der Waals surface area contributed by atoms with Crippen LogP contribution in [0.25, 0.3) is 11.0 Å². The van der Waals surface area contributed by atoms with E-state index in [1.807, 2.05) is 31.2 Å². The highest BCUT2D eigenvalue weighted by atomic mass is 32.2. The summed E-state index contributed by atoms with van der Waals surface area (Å²) >= 11 is 0. The largest absolute Gasteiger partial charge is 0.493 e. The lowest BCUT2D eigenvalue weighted by Crippen LogP contribution is -2.09. The first-order chi connectivity index (χ1) is 11.5. The van der Waals surface area contributed by atoms with Gasteiger partial charge < -0.3 is 9.15 Å². The molecule has 0 unspecified atom stereocenters. The lowest BCUT2D eigenvalue weighted by Gasteiger charge is -2.05. The van der Waals surface area contributed by atoms with Gasteiger partial charge in [0.25, 0.3) is 10.1 Å². The van der Waals surface area contributed by atoms with Crippen molar-refractivity contribution >= 4 is 21.1 Å². The van der Waals surface area contributed by atoms with Crippen LogP contribution in [0.2, 0.25) is 0 Å². The standard InChI is InChI=1S/C18H18O5S/c1-13-6-8-16(9-7-13)24(19,20)22-11-10-15-12-14-4-3-5-17(21-2)18(14)23-15/h3-9,12H,10-11H2,1-2H3. The van der Waals surface area contributed by atoms with E-state index in [2.05, 4.69) is 0 Å². The van der Waals surface area contributed by atoms with E-state index in [9.17, 15) is 8.42 Å². The summed E-state index contributed by atoms with van der Waals surface area (Å²) in [5.74, 6) is 1.29. The maximum atomic E-state index is 12.1. The van der Waals surface area contributed by atoms with Crippen molar-refractivity contribution in [2.24, 2.45) is 0 Å². The first kappa shape index (κ1) is 16.5. The fourth-order valence-electron chi connectivity index (χ4n) is 2.40. The Morgan fingerprint density at radius 2 is 1.83 bits per heavy atom. The highest BCUT2D eigenvalue weighted by molar-refractivity contribution is 7.86. The minimum Gasteiger partial charge on any atom is -0.493 e. The van der Waals surface area contributed by atoms with Crippen molar-refractivity contribution < 1.29 is 21.8 Å². The number of benzene rings is 2. The molecule has 5 nitrogen and oxygen atoms in total. The van der Waals surface area contributed by atoms with E-state index in [4.69, 9.17) is 13.3 Å². The second-order valence-corrected chi connectivity index (χ2v) is 7.05. The maximum absolute atomic E-state index is 12.1. The average molecular weight is 346 g/mol. The molecule has 0 radical (unpaired) electrons. The Kier molecular flexibility index (Phi) is 4.59. The van der Waals surface area contributed by atoms with Gasteiger partial charge in [-0.1, -0.05) is 29.8 Å². The van der Waals surface area contributed by atoms with Crippen LogP contribution < -0.4 is 4.74 Å². The minimum atomic E-state index is -3.76. The number of para-hydroxylation sites is 1. The van der Waals surface area contributed by atoms with Crippen molar-refractivity contribution in [3.8, 4) is 5.75 Å². The molecule has 24 heavy (non-hydrogen) atoms. The fourth-order valence-corrected chi connectivity index (χ4v) is 3.31. The SMILES string of the molecule is COc1cccc2cc(CCOS(=O)(=O)c3ccc(C)cc3)oc12. The molecular formula is C18H18O5S. The predicted octanol–water partition coefficient (Wildman–Crippen LogP) is 3.70. The number of rotatable bonds is 6. The summed E-state index contributed by atoms with van der Waals surface area (Å²) in [6.07, 6.45) is 0.350. The molecule has 126 valence electrons. The molecule has 0 saturated heterocycles. The fraction of sp³-hybridized carbons (Fsp3) is 0.222. The zero-order valence-electron chi connectivity index (χ0n) is 13.5. The summed E-state index contributed by atoms with van der Waals surface area (Å²) in [6.45, 7) is 1.91. The molecule has 0 saturated carbocycles. The monoisotopic (exact) mass is 346 g/mol. The van der Waals surface area contributed by atoms with Crippen molar-refractivity contribution in [1.82, 2.24) is 0 Å². The Hall–Kier alpha value is -2.31. The van der Waals surface area contributed by atoms with Gasteiger partial charge in [0.1, 0.15) is 5.76 Å². The van der Waals surface area contributed by atoms with Crippen molar-refractivity contribution in [2.75, 3.05) is 13.7 Å². The molecule has 0 bridgehead atoms. The highest BCUT2D eigenvalue weighted by Crippen LogP contribution is 2.28. The van der Waals surface area contributed by atoms with Crippen LogP contribution in [-0.2, 0) is 20.7 Å². The molecule has 0 spiro atoms. The first-order valence-corrected chi connectivity index (χ1v) is 8.92. The molecular weight excluding hydrogens is 328 g/mol. The van der Waals surface area contributed by atoms with Gasteiger partial charge in [0.15, 0.2) is 11.3 Å². The number of fused-ring (bicyclic) bond motifs is 1. The molecule has 1 heterocycles.